The molecule has 0 heterocycles. The molecule has 4 nitrogen and oxygen atoms in total. The van der Waals surface area contributed by atoms with Crippen LogP contribution in [-0.2, 0) is 4.79 Å². The van der Waals surface area contributed by atoms with Gasteiger partial charge in [0.15, 0.2) is 11.5 Å². The van der Waals surface area contributed by atoms with Crippen LogP contribution in [0.4, 0.5) is 0 Å². The van der Waals surface area contributed by atoms with Crippen LogP contribution in [0.25, 0.3) is 0 Å². The first-order valence-electron chi connectivity index (χ1n) is 3.54. The molecule has 0 saturated carbocycles. The van der Waals surface area contributed by atoms with Gasteiger partial charge in [0.1, 0.15) is 0 Å². The molecule has 0 aliphatic rings. The van der Waals surface area contributed by atoms with Gasteiger partial charge in [-0.2, -0.15) is 0 Å². The number of carboxylic acids is 1. The Morgan fingerprint density at radius 3 is 2.69 bits per heavy atom. The molecule has 0 amide bonds. The number of aliphatic carboxylic acids is 1. The minimum Gasteiger partial charge on any atom is -0.504 e. The number of carbonyl (C=O) groups is 1. The summed E-state index contributed by atoms with van der Waals surface area (Å²) in [5.41, 5.74) is 0. The van der Waals surface area contributed by atoms with E-state index in [9.17, 15) is 4.79 Å². The lowest BCUT2D eigenvalue weighted by atomic mass is 10.3. The van der Waals surface area contributed by atoms with Crippen LogP contribution < -0.4 is 4.74 Å². The van der Waals surface area contributed by atoms with Gasteiger partial charge in [0.05, 0.1) is 12.3 Å². The first kappa shape index (κ1) is 9.12. The van der Waals surface area contributed by atoms with Crippen LogP contribution in [0.15, 0.2) is 36.6 Å². The number of phenols is 1. The third-order valence-electron chi connectivity index (χ3n) is 1.27. The zero-order chi connectivity index (χ0) is 9.68. The SMILES string of the molecule is O=C(O)C=COc1ccccc1O. The van der Waals surface area contributed by atoms with Gasteiger partial charge in [0.2, 0.25) is 0 Å². The zero-order valence-corrected chi connectivity index (χ0v) is 6.68. The van der Waals surface area contributed by atoms with Gasteiger partial charge in [0.25, 0.3) is 0 Å². The summed E-state index contributed by atoms with van der Waals surface area (Å²) in [5, 5.41) is 17.4. The van der Waals surface area contributed by atoms with Crippen molar-refractivity contribution < 1.29 is 19.7 Å². The summed E-state index contributed by atoms with van der Waals surface area (Å²) in [6.45, 7) is 0. The maximum atomic E-state index is 10.0. The van der Waals surface area contributed by atoms with Crippen LogP contribution in [0.2, 0.25) is 0 Å². The Balaban J connectivity index is 2.64. The second kappa shape index (κ2) is 4.15. The number of hydrogen-bond donors (Lipinski definition) is 2. The van der Waals surface area contributed by atoms with E-state index in [1.54, 1.807) is 12.1 Å². The molecule has 1 aromatic rings. The summed E-state index contributed by atoms with van der Waals surface area (Å²) in [5.74, 6) is -0.909. The summed E-state index contributed by atoms with van der Waals surface area (Å²) in [7, 11) is 0. The van der Waals surface area contributed by atoms with Crippen molar-refractivity contribution in [1.29, 1.82) is 0 Å². The average Bonchev–Trinajstić information content (AvgIpc) is 2.08. The number of ether oxygens (including phenoxy) is 1. The normalized spacial score (nSPS) is 10.2. The zero-order valence-electron chi connectivity index (χ0n) is 6.68. The summed E-state index contributed by atoms with van der Waals surface area (Å²) in [6, 6.07) is 6.29. The fourth-order valence-corrected chi connectivity index (χ4v) is 0.722. The molecule has 0 atom stereocenters. The van der Waals surface area contributed by atoms with E-state index in [4.69, 9.17) is 14.9 Å². The largest absolute Gasteiger partial charge is 0.504 e. The molecule has 0 unspecified atom stereocenters. The summed E-state index contributed by atoms with van der Waals surface area (Å²) in [4.78, 5) is 10.0. The standard InChI is InChI=1S/C9H8O4/c10-7-3-1-2-4-8(7)13-6-5-9(11)12/h1-6,10H,(H,11,12). The van der Waals surface area contributed by atoms with Gasteiger partial charge >= 0.3 is 5.97 Å². The highest BCUT2D eigenvalue weighted by molar-refractivity contribution is 5.79. The third-order valence-corrected chi connectivity index (χ3v) is 1.27. The van der Waals surface area contributed by atoms with Crippen molar-refractivity contribution in [2.45, 2.75) is 0 Å². The molecule has 1 rings (SSSR count). The van der Waals surface area contributed by atoms with Crippen molar-refractivity contribution in [2.75, 3.05) is 0 Å². The fraction of sp³-hybridized carbons (Fsp3) is 0. The molecule has 0 saturated heterocycles. The third kappa shape index (κ3) is 2.86. The number of hydrogen-bond acceptors (Lipinski definition) is 3. The molecule has 1 aromatic carbocycles. The minimum atomic E-state index is -1.10. The number of para-hydroxylation sites is 2. The Morgan fingerprint density at radius 2 is 2.08 bits per heavy atom. The average molecular weight is 180 g/mol. The molecule has 0 fully saturated rings. The van der Waals surface area contributed by atoms with Gasteiger partial charge in [-0.3, -0.25) is 0 Å². The van der Waals surface area contributed by atoms with Gasteiger partial charge in [-0.05, 0) is 12.1 Å². The molecular formula is C9H8O4. The van der Waals surface area contributed by atoms with Crippen molar-refractivity contribution >= 4 is 5.97 Å². The summed E-state index contributed by atoms with van der Waals surface area (Å²) >= 11 is 0. The second-order valence-electron chi connectivity index (χ2n) is 2.23. The van der Waals surface area contributed by atoms with E-state index in [-0.39, 0.29) is 11.5 Å². The van der Waals surface area contributed by atoms with Gasteiger partial charge in [0, 0.05) is 0 Å². The van der Waals surface area contributed by atoms with Crippen molar-refractivity contribution in [3.8, 4) is 11.5 Å². The molecular weight excluding hydrogens is 172 g/mol. The quantitative estimate of drug-likeness (QED) is 0.544. The molecule has 4 heteroatoms. The first-order valence-corrected chi connectivity index (χ1v) is 3.54. The molecule has 68 valence electrons. The number of aromatic hydroxyl groups is 1. The van der Waals surface area contributed by atoms with Crippen molar-refractivity contribution in [1.82, 2.24) is 0 Å². The van der Waals surface area contributed by atoms with E-state index in [2.05, 4.69) is 0 Å². The second-order valence-corrected chi connectivity index (χ2v) is 2.23. The molecule has 0 radical (unpaired) electrons. The fourth-order valence-electron chi connectivity index (χ4n) is 0.722. The Labute approximate surface area is 74.7 Å². The lowest BCUT2D eigenvalue weighted by molar-refractivity contribution is -0.131. The smallest absolute Gasteiger partial charge is 0.331 e. The highest BCUT2D eigenvalue weighted by Gasteiger charge is 1.97. The van der Waals surface area contributed by atoms with Gasteiger partial charge in [-0.25, -0.2) is 4.79 Å². The van der Waals surface area contributed by atoms with Crippen LogP contribution in [0.5, 0.6) is 11.5 Å². The molecule has 2 N–H and O–H groups in total. The number of benzene rings is 1. The van der Waals surface area contributed by atoms with Crippen LogP contribution in [0, 0.1) is 0 Å². The van der Waals surface area contributed by atoms with Gasteiger partial charge in [-0.1, -0.05) is 12.1 Å². The summed E-state index contributed by atoms with van der Waals surface area (Å²) < 4.78 is 4.84. The predicted molar refractivity (Wildman–Crippen MR) is 45.5 cm³/mol. The molecule has 0 aliphatic heterocycles. The molecule has 0 aromatic heterocycles. The van der Waals surface area contributed by atoms with Gasteiger partial charge < -0.3 is 14.9 Å². The van der Waals surface area contributed by atoms with Crippen molar-refractivity contribution in [3.05, 3.63) is 36.6 Å². The molecule has 13 heavy (non-hydrogen) atoms. The Morgan fingerprint density at radius 1 is 1.38 bits per heavy atom. The van der Waals surface area contributed by atoms with E-state index >= 15 is 0 Å². The topological polar surface area (TPSA) is 66.8 Å². The van der Waals surface area contributed by atoms with Gasteiger partial charge in [-0.15, -0.1) is 0 Å². The molecule has 0 spiro atoms. The molecule has 0 bridgehead atoms. The van der Waals surface area contributed by atoms with E-state index in [0.29, 0.717) is 0 Å². The van der Waals surface area contributed by atoms with Crippen LogP contribution >= 0.6 is 0 Å². The monoisotopic (exact) mass is 180 g/mol. The van der Waals surface area contributed by atoms with Crippen molar-refractivity contribution in [2.24, 2.45) is 0 Å². The van der Waals surface area contributed by atoms with Crippen LogP contribution in [-0.4, -0.2) is 16.2 Å². The number of carboxylic acid groups (broad SMARTS) is 1. The van der Waals surface area contributed by atoms with E-state index < -0.39 is 5.97 Å². The Hall–Kier alpha value is -1.97. The highest BCUT2D eigenvalue weighted by atomic mass is 16.5. The maximum Gasteiger partial charge on any atom is 0.331 e. The van der Waals surface area contributed by atoms with Crippen molar-refractivity contribution in [3.63, 3.8) is 0 Å². The maximum absolute atomic E-state index is 10.0. The Bertz CT molecular complexity index is 330. The lowest BCUT2D eigenvalue weighted by Gasteiger charge is -2.00. The minimum absolute atomic E-state index is 0.0301. The Kier molecular flexibility index (Phi) is 2.92. The van der Waals surface area contributed by atoms with E-state index in [1.165, 1.54) is 12.1 Å². The highest BCUT2D eigenvalue weighted by Crippen LogP contribution is 2.24. The van der Waals surface area contributed by atoms with E-state index in [1.807, 2.05) is 0 Å². The molecule has 0 aliphatic carbocycles. The number of rotatable bonds is 3. The van der Waals surface area contributed by atoms with Crippen LogP contribution in [0.1, 0.15) is 0 Å². The predicted octanol–water partition coefficient (Wildman–Crippen LogP) is 1.37. The summed E-state index contributed by atoms with van der Waals surface area (Å²) in [6.07, 6.45) is 1.84. The van der Waals surface area contributed by atoms with Crippen LogP contribution in [0.3, 0.4) is 0 Å². The lowest BCUT2D eigenvalue weighted by Crippen LogP contribution is -1.89. The van der Waals surface area contributed by atoms with E-state index in [0.717, 1.165) is 12.3 Å². The first-order chi connectivity index (χ1) is 6.20. The number of phenolic OH excluding ortho intramolecular Hbond substituents is 1.